The highest BCUT2D eigenvalue weighted by atomic mass is 35.5. The van der Waals surface area contributed by atoms with Crippen LogP contribution < -0.4 is 11.1 Å². The Balaban J connectivity index is 0.00000242. The van der Waals surface area contributed by atoms with Gasteiger partial charge in [0.25, 0.3) is 5.91 Å². The summed E-state index contributed by atoms with van der Waals surface area (Å²) in [4.78, 5) is 20.4. The van der Waals surface area contributed by atoms with Gasteiger partial charge >= 0.3 is 0 Å². The lowest BCUT2D eigenvalue weighted by Gasteiger charge is -2.31. The zero-order valence-corrected chi connectivity index (χ0v) is 14.7. The molecule has 7 nitrogen and oxygen atoms in total. The van der Waals surface area contributed by atoms with Crippen LogP contribution in [0.25, 0.3) is 5.82 Å². The van der Waals surface area contributed by atoms with E-state index in [2.05, 4.69) is 20.4 Å². The Morgan fingerprint density at radius 3 is 2.43 bits per heavy atom. The van der Waals surface area contributed by atoms with E-state index in [1.807, 2.05) is 13.8 Å². The number of pyridine rings is 1. The van der Waals surface area contributed by atoms with Crippen molar-refractivity contribution in [3.05, 3.63) is 36.5 Å². The molecule has 0 saturated heterocycles. The first-order valence-electron chi connectivity index (χ1n) is 6.97. The second-order valence-corrected chi connectivity index (χ2v) is 4.89. The number of amides is 1. The average Bonchev–Trinajstić information content (AvgIpc) is 3.07. The molecule has 0 aliphatic carbocycles. The number of nitrogens with two attached hydrogens (primary N) is 1. The molecule has 0 spiro atoms. The number of hydrogen-bond acceptors (Lipinski definition) is 5. The lowest BCUT2D eigenvalue weighted by atomic mass is 9.92. The summed E-state index contributed by atoms with van der Waals surface area (Å²) >= 11 is 0. The van der Waals surface area contributed by atoms with Gasteiger partial charge < -0.3 is 11.1 Å². The molecule has 1 amide bonds. The van der Waals surface area contributed by atoms with Crippen LogP contribution in [-0.4, -0.2) is 37.7 Å². The van der Waals surface area contributed by atoms with E-state index in [-0.39, 0.29) is 36.3 Å². The van der Waals surface area contributed by atoms with Crippen LogP contribution in [0, 0.1) is 0 Å². The average molecular weight is 361 g/mol. The number of nitrogens with zero attached hydrogens (tertiary/aromatic N) is 4. The lowest BCUT2D eigenvalue weighted by Crippen LogP contribution is -2.52. The van der Waals surface area contributed by atoms with Crippen LogP contribution in [0.5, 0.6) is 0 Å². The van der Waals surface area contributed by atoms with E-state index in [9.17, 15) is 4.79 Å². The molecule has 2 rings (SSSR count). The van der Waals surface area contributed by atoms with Crippen molar-refractivity contribution in [3.63, 3.8) is 0 Å². The molecule has 128 valence electrons. The van der Waals surface area contributed by atoms with E-state index in [0.717, 1.165) is 12.8 Å². The fourth-order valence-electron chi connectivity index (χ4n) is 2.06. The molecule has 2 aromatic heterocycles. The third-order valence-electron chi connectivity index (χ3n) is 3.79. The smallest absolute Gasteiger partial charge is 0.253 e. The van der Waals surface area contributed by atoms with Gasteiger partial charge in [-0.1, -0.05) is 13.8 Å². The van der Waals surface area contributed by atoms with E-state index in [1.165, 1.54) is 17.2 Å². The van der Waals surface area contributed by atoms with Crippen molar-refractivity contribution >= 4 is 30.7 Å². The van der Waals surface area contributed by atoms with Crippen molar-refractivity contribution in [2.75, 3.05) is 6.54 Å². The number of aromatic nitrogens is 4. The van der Waals surface area contributed by atoms with Gasteiger partial charge in [0.2, 0.25) is 0 Å². The molecule has 0 radical (unpaired) electrons. The van der Waals surface area contributed by atoms with Gasteiger partial charge in [-0.25, -0.2) is 14.6 Å². The molecular weight excluding hydrogens is 339 g/mol. The predicted octanol–water partition coefficient (Wildman–Crippen LogP) is 1.75. The molecular formula is C14H22Cl2N6O. The number of rotatable bonds is 6. The van der Waals surface area contributed by atoms with Crippen LogP contribution in [0.3, 0.4) is 0 Å². The Bertz CT molecular complexity index is 576. The normalized spacial score (nSPS) is 10.4. The molecule has 9 heteroatoms. The fraction of sp³-hybridized carbons (Fsp3) is 0.429. The number of carbonyl (C=O) groups excluding carboxylic acids is 1. The molecule has 2 heterocycles. The van der Waals surface area contributed by atoms with Crippen LogP contribution >= 0.6 is 24.8 Å². The van der Waals surface area contributed by atoms with Crippen LogP contribution in [0.15, 0.2) is 31.0 Å². The maximum absolute atomic E-state index is 12.3. The van der Waals surface area contributed by atoms with Crippen molar-refractivity contribution in [3.8, 4) is 5.82 Å². The third kappa shape index (κ3) is 4.89. The summed E-state index contributed by atoms with van der Waals surface area (Å²) in [6.07, 6.45) is 6.08. The van der Waals surface area contributed by atoms with Gasteiger partial charge in [0, 0.05) is 12.7 Å². The number of hydrogen-bond donors (Lipinski definition) is 2. The van der Waals surface area contributed by atoms with Gasteiger partial charge in [-0.2, -0.15) is 5.10 Å². The monoisotopic (exact) mass is 360 g/mol. The standard InChI is InChI=1S/C14H20N6O.2ClH/c1-3-14(4-2,8-15)19-13(21)11-5-6-12(17-7-11)20-10-16-9-18-20;;/h5-7,9-10H,3-4,8,15H2,1-2H3,(H,19,21);2*1H. The molecule has 0 aliphatic rings. The Morgan fingerprint density at radius 2 is 2.00 bits per heavy atom. The predicted molar refractivity (Wildman–Crippen MR) is 93.5 cm³/mol. The summed E-state index contributed by atoms with van der Waals surface area (Å²) in [6.45, 7) is 4.45. The van der Waals surface area contributed by atoms with Crippen molar-refractivity contribution in [2.24, 2.45) is 5.73 Å². The zero-order chi connectivity index (χ0) is 15.3. The molecule has 3 N–H and O–H groups in total. The summed E-state index contributed by atoms with van der Waals surface area (Å²) < 4.78 is 1.53. The maximum atomic E-state index is 12.3. The second kappa shape index (κ2) is 9.44. The summed E-state index contributed by atoms with van der Waals surface area (Å²) in [5.41, 5.74) is 5.93. The largest absolute Gasteiger partial charge is 0.345 e. The van der Waals surface area contributed by atoms with E-state index in [0.29, 0.717) is 17.9 Å². The van der Waals surface area contributed by atoms with Gasteiger partial charge in [-0.05, 0) is 25.0 Å². The van der Waals surface area contributed by atoms with Crippen molar-refractivity contribution < 1.29 is 4.79 Å². The summed E-state index contributed by atoms with van der Waals surface area (Å²) in [5.74, 6) is 0.446. The molecule has 0 unspecified atom stereocenters. The molecule has 0 aromatic carbocycles. The highest BCUT2D eigenvalue weighted by Crippen LogP contribution is 2.14. The van der Waals surface area contributed by atoms with E-state index in [4.69, 9.17) is 5.73 Å². The molecule has 0 aliphatic heterocycles. The van der Waals surface area contributed by atoms with Gasteiger partial charge in [0.1, 0.15) is 12.7 Å². The number of nitrogens with one attached hydrogen (secondary N) is 1. The molecule has 23 heavy (non-hydrogen) atoms. The highest BCUT2D eigenvalue weighted by Gasteiger charge is 2.26. The van der Waals surface area contributed by atoms with Gasteiger partial charge in [0.05, 0.1) is 11.1 Å². The van der Waals surface area contributed by atoms with Crippen molar-refractivity contribution in [1.29, 1.82) is 0 Å². The van der Waals surface area contributed by atoms with Gasteiger partial charge in [-0.15, -0.1) is 24.8 Å². The SMILES string of the molecule is CCC(CC)(CN)NC(=O)c1ccc(-n2cncn2)nc1.Cl.Cl. The van der Waals surface area contributed by atoms with Gasteiger partial charge in [-0.3, -0.25) is 4.79 Å². The third-order valence-corrected chi connectivity index (χ3v) is 3.79. The first-order chi connectivity index (χ1) is 10.1. The molecule has 2 aromatic rings. The summed E-state index contributed by atoms with van der Waals surface area (Å²) in [5, 5.41) is 7.00. The minimum absolute atomic E-state index is 0. The quantitative estimate of drug-likeness (QED) is 0.817. The Morgan fingerprint density at radius 1 is 1.30 bits per heavy atom. The minimum atomic E-state index is -0.359. The molecule has 0 saturated carbocycles. The van der Waals surface area contributed by atoms with Crippen LogP contribution in [0.1, 0.15) is 37.0 Å². The number of carbonyl (C=O) groups is 1. The van der Waals surface area contributed by atoms with Crippen molar-refractivity contribution in [2.45, 2.75) is 32.2 Å². The van der Waals surface area contributed by atoms with Crippen molar-refractivity contribution in [1.82, 2.24) is 25.1 Å². The fourth-order valence-corrected chi connectivity index (χ4v) is 2.06. The van der Waals surface area contributed by atoms with Crippen LogP contribution in [0.4, 0.5) is 0 Å². The van der Waals surface area contributed by atoms with Gasteiger partial charge in [0.15, 0.2) is 5.82 Å². The highest BCUT2D eigenvalue weighted by molar-refractivity contribution is 5.94. The molecule has 0 fully saturated rings. The topological polar surface area (TPSA) is 98.7 Å². The summed E-state index contributed by atoms with van der Waals surface area (Å²) in [6, 6.07) is 3.44. The van der Waals surface area contributed by atoms with E-state index < -0.39 is 0 Å². The maximum Gasteiger partial charge on any atom is 0.253 e. The number of halogens is 2. The molecule has 0 bridgehead atoms. The first-order valence-corrected chi connectivity index (χ1v) is 6.97. The second-order valence-electron chi connectivity index (χ2n) is 4.89. The Labute approximate surface area is 147 Å². The minimum Gasteiger partial charge on any atom is -0.345 e. The summed E-state index contributed by atoms with van der Waals surface area (Å²) in [7, 11) is 0. The van der Waals surface area contributed by atoms with E-state index in [1.54, 1.807) is 18.5 Å². The Hall–Kier alpha value is -1.70. The van der Waals surface area contributed by atoms with Crippen LogP contribution in [-0.2, 0) is 0 Å². The lowest BCUT2D eigenvalue weighted by molar-refractivity contribution is 0.0895. The molecule has 0 atom stereocenters. The van der Waals surface area contributed by atoms with Crippen LogP contribution in [0.2, 0.25) is 0 Å². The zero-order valence-electron chi connectivity index (χ0n) is 13.1. The first kappa shape index (κ1) is 21.3. The van der Waals surface area contributed by atoms with E-state index >= 15 is 0 Å². The Kier molecular flexibility index (Phi) is 8.74.